The Morgan fingerprint density at radius 1 is 1.50 bits per heavy atom. The molecule has 0 spiro atoms. The van der Waals surface area contributed by atoms with Gasteiger partial charge in [0.2, 0.25) is 0 Å². The third-order valence-corrected chi connectivity index (χ3v) is 3.20. The minimum absolute atomic E-state index is 0.198. The monoisotopic (exact) mass is 301 g/mol. The second-order valence-corrected chi connectivity index (χ2v) is 5.61. The van der Waals surface area contributed by atoms with Gasteiger partial charge in [-0.05, 0) is 23.6 Å². The zero-order valence-corrected chi connectivity index (χ0v) is 12.6. The predicted molar refractivity (Wildman–Crippen MR) is 79.6 cm³/mol. The van der Waals surface area contributed by atoms with E-state index in [1.807, 2.05) is 0 Å². The van der Waals surface area contributed by atoms with Gasteiger partial charge in [0.25, 0.3) is 0 Å². The number of benzene rings is 1. The van der Waals surface area contributed by atoms with Crippen LogP contribution in [0.3, 0.4) is 0 Å². The summed E-state index contributed by atoms with van der Waals surface area (Å²) in [5.41, 5.74) is 6.36. The number of halogens is 2. The fourth-order valence-corrected chi connectivity index (χ4v) is 2.19. The molecule has 0 fully saturated rings. The molecule has 0 aliphatic carbocycles. The molecule has 0 unspecified atom stereocenters. The Balaban J connectivity index is 2.72. The molecule has 3 N–H and O–H groups in total. The minimum atomic E-state index is -0.342. The van der Waals surface area contributed by atoms with E-state index in [0.717, 1.165) is 12.1 Å². The highest BCUT2D eigenvalue weighted by molar-refractivity contribution is 6.31. The van der Waals surface area contributed by atoms with Crippen LogP contribution in [0.15, 0.2) is 23.4 Å². The number of hydrogen-bond donors (Lipinski definition) is 2. The molecule has 1 rings (SSSR count). The summed E-state index contributed by atoms with van der Waals surface area (Å²) in [6, 6.07) is 4.40. The molecule has 6 heteroatoms. The standard InChI is InChI=1S/C14H21ClFN3O/c1-10(2)8-19(6-5-14(17)18-20)9-11-3-4-12(16)7-13(11)15/h3-4,7,10,20H,5-6,8-9H2,1-2H3,(H2,17,18). The van der Waals surface area contributed by atoms with Crippen molar-refractivity contribution in [3.05, 3.63) is 34.6 Å². The maximum atomic E-state index is 13.0. The van der Waals surface area contributed by atoms with Gasteiger partial charge in [0.05, 0.1) is 0 Å². The van der Waals surface area contributed by atoms with E-state index < -0.39 is 0 Å². The van der Waals surface area contributed by atoms with E-state index in [9.17, 15) is 4.39 Å². The van der Waals surface area contributed by atoms with Gasteiger partial charge in [0, 0.05) is 31.1 Å². The van der Waals surface area contributed by atoms with Gasteiger partial charge in [-0.25, -0.2) is 4.39 Å². The maximum absolute atomic E-state index is 13.0. The Morgan fingerprint density at radius 3 is 2.75 bits per heavy atom. The lowest BCUT2D eigenvalue weighted by Crippen LogP contribution is -2.31. The second kappa shape index (κ2) is 8.07. The van der Waals surface area contributed by atoms with Crippen molar-refractivity contribution in [2.24, 2.45) is 16.8 Å². The highest BCUT2D eigenvalue weighted by Crippen LogP contribution is 2.19. The number of amidine groups is 1. The molecule has 1 aromatic carbocycles. The summed E-state index contributed by atoms with van der Waals surface area (Å²) in [5, 5.41) is 12.0. The largest absolute Gasteiger partial charge is 0.409 e. The molecular formula is C14H21ClFN3O. The minimum Gasteiger partial charge on any atom is -0.409 e. The first-order valence-electron chi connectivity index (χ1n) is 6.55. The van der Waals surface area contributed by atoms with Crippen LogP contribution in [0, 0.1) is 11.7 Å². The Morgan fingerprint density at radius 2 is 2.20 bits per heavy atom. The van der Waals surface area contributed by atoms with E-state index in [0.29, 0.717) is 30.5 Å². The maximum Gasteiger partial charge on any atom is 0.140 e. The van der Waals surface area contributed by atoms with Crippen LogP contribution >= 0.6 is 11.6 Å². The Kier molecular flexibility index (Phi) is 6.75. The summed E-state index contributed by atoms with van der Waals surface area (Å²) in [6.07, 6.45) is 0.474. The van der Waals surface area contributed by atoms with E-state index in [2.05, 4.69) is 23.9 Å². The molecule has 20 heavy (non-hydrogen) atoms. The first-order chi connectivity index (χ1) is 9.42. The average Bonchev–Trinajstić information content (AvgIpc) is 2.38. The van der Waals surface area contributed by atoms with Gasteiger partial charge in [-0.1, -0.05) is 36.7 Å². The SMILES string of the molecule is CC(C)CN(CCC(N)=NO)Cc1ccc(F)cc1Cl. The van der Waals surface area contributed by atoms with Crippen molar-refractivity contribution in [1.29, 1.82) is 0 Å². The zero-order valence-electron chi connectivity index (χ0n) is 11.8. The second-order valence-electron chi connectivity index (χ2n) is 5.21. The molecular weight excluding hydrogens is 281 g/mol. The van der Waals surface area contributed by atoms with Crippen LogP contribution in [0.4, 0.5) is 4.39 Å². The number of hydrogen-bond acceptors (Lipinski definition) is 3. The van der Waals surface area contributed by atoms with Crippen molar-refractivity contribution in [3.63, 3.8) is 0 Å². The highest BCUT2D eigenvalue weighted by atomic mass is 35.5. The van der Waals surface area contributed by atoms with Gasteiger partial charge >= 0.3 is 0 Å². The summed E-state index contributed by atoms with van der Waals surface area (Å²) < 4.78 is 13.0. The van der Waals surface area contributed by atoms with E-state index in [4.69, 9.17) is 22.5 Å². The van der Waals surface area contributed by atoms with Crippen molar-refractivity contribution < 1.29 is 9.60 Å². The van der Waals surface area contributed by atoms with Crippen LogP contribution in [0.2, 0.25) is 5.02 Å². The van der Waals surface area contributed by atoms with Crippen LogP contribution in [-0.4, -0.2) is 29.0 Å². The van der Waals surface area contributed by atoms with Crippen LogP contribution in [0.25, 0.3) is 0 Å². The molecule has 0 aliphatic heterocycles. The molecule has 0 atom stereocenters. The summed E-state index contributed by atoms with van der Waals surface area (Å²) >= 11 is 6.05. The normalized spacial score (nSPS) is 12.4. The molecule has 0 aromatic heterocycles. The van der Waals surface area contributed by atoms with Gasteiger partial charge < -0.3 is 10.9 Å². The van der Waals surface area contributed by atoms with Crippen molar-refractivity contribution >= 4 is 17.4 Å². The molecule has 0 saturated carbocycles. The molecule has 0 amide bonds. The smallest absolute Gasteiger partial charge is 0.140 e. The number of rotatable bonds is 7. The average molecular weight is 302 g/mol. The third-order valence-electron chi connectivity index (χ3n) is 2.85. The lowest BCUT2D eigenvalue weighted by molar-refractivity contribution is 0.240. The van der Waals surface area contributed by atoms with Crippen molar-refractivity contribution in [3.8, 4) is 0 Å². The van der Waals surface area contributed by atoms with Crippen LogP contribution in [0.1, 0.15) is 25.8 Å². The first-order valence-corrected chi connectivity index (χ1v) is 6.92. The predicted octanol–water partition coefficient (Wildman–Crippen LogP) is 3.07. The van der Waals surface area contributed by atoms with Gasteiger partial charge in [-0.15, -0.1) is 0 Å². The molecule has 4 nitrogen and oxygen atoms in total. The quantitative estimate of drug-likeness (QED) is 0.352. The molecule has 0 heterocycles. The molecule has 0 saturated heterocycles. The topological polar surface area (TPSA) is 61.8 Å². The third kappa shape index (κ3) is 5.75. The highest BCUT2D eigenvalue weighted by Gasteiger charge is 2.11. The first kappa shape index (κ1) is 16.7. The lowest BCUT2D eigenvalue weighted by atomic mass is 10.1. The lowest BCUT2D eigenvalue weighted by Gasteiger charge is -2.24. The summed E-state index contributed by atoms with van der Waals surface area (Å²) in [6.45, 7) is 6.34. The zero-order chi connectivity index (χ0) is 15.1. The van der Waals surface area contributed by atoms with Crippen LogP contribution in [-0.2, 0) is 6.54 Å². The molecule has 0 bridgehead atoms. The van der Waals surface area contributed by atoms with E-state index >= 15 is 0 Å². The number of nitrogens with zero attached hydrogens (tertiary/aromatic N) is 2. The van der Waals surface area contributed by atoms with Crippen LogP contribution in [0.5, 0.6) is 0 Å². The number of nitrogens with two attached hydrogens (primary N) is 1. The van der Waals surface area contributed by atoms with Gasteiger partial charge in [0.1, 0.15) is 11.7 Å². The summed E-state index contributed by atoms with van der Waals surface area (Å²) in [4.78, 5) is 2.15. The Labute approximate surface area is 124 Å². The Bertz CT molecular complexity index is 466. The fraction of sp³-hybridized carbons (Fsp3) is 0.500. The Hall–Kier alpha value is -1.33. The van der Waals surface area contributed by atoms with E-state index in [1.54, 1.807) is 6.07 Å². The van der Waals surface area contributed by atoms with E-state index in [-0.39, 0.29) is 11.7 Å². The summed E-state index contributed by atoms with van der Waals surface area (Å²) in [7, 11) is 0. The molecule has 0 radical (unpaired) electrons. The van der Waals surface area contributed by atoms with Gasteiger partial charge in [-0.3, -0.25) is 4.90 Å². The van der Waals surface area contributed by atoms with Gasteiger partial charge in [0.15, 0.2) is 0 Å². The van der Waals surface area contributed by atoms with Crippen LogP contribution < -0.4 is 5.73 Å². The molecule has 1 aromatic rings. The van der Waals surface area contributed by atoms with Gasteiger partial charge in [-0.2, -0.15) is 0 Å². The van der Waals surface area contributed by atoms with Crippen molar-refractivity contribution in [1.82, 2.24) is 4.90 Å². The van der Waals surface area contributed by atoms with Crippen molar-refractivity contribution in [2.75, 3.05) is 13.1 Å². The van der Waals surface area contributed by atoms with E-state index in [1.165, 1.54) is 12.1 Å². The van der Waals surface area contributed by atoms with Crippen molar-refractivity contribution in [2.45, 2.75) is 26.8 Å². The fourth-order valence-electron chi connectivity index (χ4n) is 1.96. The molecule has 0 aliphatic rings. The number of oxime groups is 1. The summed E-state index contributed by atoms with van der Waals surface area (Å²) in [5.74, 6) is 0.330. The molecule has 112 valence electrons.